The van der Waals surface area contributed by atoms with Crippen LogP contribution in [0.15, 0.2) is 146 Å². The summed E-state index contributed by atoms with van der Waals surface area (Å²) in [5, 5.41) is 33.3. The van der Waals surface area contributed by atoms with E-state index in [2.05, 4.69) is 32.0 Å². The number of nitrogens with one attached hydrogen (secondary N) is 1. The molecule has 1 saturated carbocycles. The predicted molar refractivity (Wildman–Crippen MR) is 214 cm³/mol. The third-order valence-electron chi connectivity index (χ3n) is 10.3. The van der Waals surface area contributed by atoms with Crippen molar-refractivity contribution in [1.82, 2.24) is 35.3 Å². The van der Waals surface area contributed by atoms with Gasteiger partial charge in [-0.15, -0.1) is 10.2 Å². The van der Waals surface area contributed by atoms with E-state index in [1.807, 2.05) is 147 Å². The summed E-state index contributed by atoms with van der Waals surface area (Å²) in [6.45, 7) is 2.01. The largest absolute Gasteiger partial charge is 0.389 e. The Morgan fingerprint density at radius 1 is 0.561 bits per heavy atom. The highest BCUT2D eigenvalue weighted by Gasteiger charge is 2.53. The molecular formula is C45H47N7O5. The molecule has 0 radical (unpaired) electrons. The lowest BCUT2D eigenvalue weighted by atomic mass is 9.82. The molecule has 1 aliphatic rings. The van der Waals surface area contributed by atoms with Gasteiger partial charge in [-0.3, -0.25) is 0 Å². The second kappa shape index (κ2) is 18.6. The maximum absolute atomic E-state index is 12.5. The van der Waals surface area contributed by atoms with Gasteiger partial charge in [0.05, 0.1) is 56.4 Å². The molecule has 0 unspecified atom stereocenters. The molecule has 6 atom stereocenters. The summed E-state index contributed by atoms with van der Waals surface area (Å²) in [5.74, 6) is 0. The number of aliphatic hydroxyl groups excluding tert-OH is 1. The van der Waals surface area contributed by atoms with Gasteiger partial charge in [-0.2, -0.15) is 0 Å². The summed E-state index contributed by atoms with van der Waals surface area (Å²) in [5.41, 5.74) is 7.53. The maximum Gasteiger partial charge on any atom is 0.115 e. The number of hydrogen-bond donors (Lipinski definition) is 2. The number of hydrogen-bond acceptors (Lipinski definition) is 10. The van der Waals surface area contributed by atoms with Crippen LogP contribution in [-0.4, -0.2) is 71.7 Å². The standard InChI is InChI=1S/C45H47N7O5/c1-51-39-24-36(22-23-38(39)48-49-51)26-52-27-37(47-50-52)25-46-40-41(53)43(55-29-33-16-8-3-9-17-33)45(57-31-35-20-12-5-13-21-35)44(56-30-34-18-10-4-11-19-34)42(40)54-28-32-14-6-2-7-15-32/h2-24,27,40-46,53H,25-26,28-31H2,1H3/t40-,41-,42+,43+,44-,45-/m1/s1. The van der Waals surface area contributed by atoms with Gasteiger partial charge >= 0.3 is 0 Å². The Morgan fingerprint density at radius 2 is 1.05 bits per heavy atom. The molecule has 0 bridgehead atoms. The number of aliphatic hydroxyl groups is 1. The Balaban J connectivity index is 1.09. The normalized spacial score (nSPS) is 20.9. The summed E-state index contributed by atoms with van der Waals surface area (Å²) in [7, 11) is 1.88. The van der Waals surface area contributed by atoms with E-state index in [0.717, 1.165) is 38.9 Å². The minimum absolute atomic E-state index is 0.274. The van der Waals surface area contributed by atoms with Gasteiger partial charge in [-0.1, -0.05) is 138 Å². The van der Waals surface area contributed by atoms with Crippen molar-refractivity contribution >= 4 is 11.0 Å². The lowest BCUT2D eigenvalue weighted by molar-refractivity contribution is -0.251. The van der Waals surface area contributed by atoms with E-state index in [9.17, 15) is 5.11 Å². The highest BCUT2D eigenvalue weighted by molar-refractivity contribution is 5.74. The van der Waals surface area contributed by atoms with E-state index in [4.69, 9.17) is 18.9 Å². The van der Waals surface area contributed by atoms with Crippen molar-refractivity contribution in [2.24, 2.45) is 7.05 Å². The number of benzene rings is 5. The van der Waals surface area contributed by atoms with Gasteiger partial charge < -0.3 is 29.4 Å². The SMILES string of the molecule is Cn1nnc2ccc(Cn3cc(CN[C@@H]4[C@@H](O)[C@H](OCc5ccccc5)[C@@H](OCc5ccccc5)[C@H](OCc5ccccc5)[C@H]4OCc4ccccc4)nn3)cc21. The van der Waals surface area contributed by atoms with E-state index in [1.54, 1.807) is 9.36 Å². The molecular weight excluding hydrogens is 719 g/mol. The summed E-state index contributed by atoms with van der Waals surface area (Å²) in [6, 6.07) is 45.4. The Morgan fingerprint density at radius 3 is 1.60 bits per heavy atom. The Labute approximate surface area is 332 Å². The highest BCUT2D eigenvalue weighted by Crippen LogP contribution is 2.33. The van der Waals surface area contributed by atoms with Crippen molar-refractivity contribution in [2.75, 3.05) is 0 Å². The molecule has 2 heterocycles. The van der Waals surface area contributed by atoms with Crippen molar-refractivity contribution in [1.29, 1.82) is 0 Å². The molecule has 2 N–H and O–H groups in total. The van der Waals surface area contributed by atoms with E-state index >= 15 is 0 Å². The van der Waals surface area contributed by atoms with Gasteiger partial charge in [-0.05, 0) is 39.9 Å². The average Bonchev–Trinajstić information content (AvgIpc) is 3.87. The van der Waals surface area contributed by atoms with Crippen LogP contribution in [0.5, 0.6) is 0 Å². The van der Waals surface area contributed by atoms with Crippen molar-refractivity contribution < 1.29 is 24.1 Å². The zero-order valence-corrected chi connectivity index (χ0v) is 31.8. The molecule has 12 heteroatoms. The average molecular weight is 766 g/mol. The summed E-state index contributed by atoms with van der Waals surface area (Å²) in [6.07, 6.45) is -1.93. The number of nitrogens with zero attached hydrogens (tertiary/aromatic N) is 6. The quantitative estimate of drug-likeness (QED) is 0.118. The van der Waals surface area contributed by atoms with E-state index in [0.29, 0.717) is 38.6 Å². The first-order chi connectivity index (χ1) is 28.1. The molecule has 12 nitrogen and oxygen atoms in total. The fourth-order valence-corrected chi connectivity index (χ4v) is 7.33. The van der Waals surface area contributed by atoms with Gasteiger partial charge in [0.1, 0.15) is 36.0 Å². The van der Waals surface area contributed by atoms with Crippen LogP contribution in [0.4, 0.5) is 0 Å². The topological polar surface area (TPSA) is 131 Å². The Kier molecular flexibility index (Phi) is 12.5. The number of aromatic nitrogens is 6. The van der Waals surface area contributed by atoms with Crippen molar-refractivity contribution in [3.05, 3.63) is 179 Å². The molecule has 292 valence electrons. The van der Waals surface area contributed by atoms with Gasteiger partial charge in [0, 0.05) is 13.6 Å². The summed E-state index contributed by atoms with van der Waals surface area (Å²) in [4.78, 5) is 0. The monoisotopic (exact) mass is 765 g/mol. The Bertz CT molecular complexity index is 2270. The summed E-state index contributed by atoms with van der Waals surface area (Å²) >= 11 is 0. The highest BCUT2D eigenvalue weighted by atomic mass is 16.6. The van der Waals surface area contributed by atoms with Crippen molar-refractivity contribution in [3.8, 4) is 0 Å². The fraction of sp³-hybridized carbons (Fsp3) is 0.289. The van der Waals surface area contributed by atoms with Gasteiger partial charge in [0.15, 0.2) is 0 Å². The lowest BCUT2D eigenvalue weighted by Crippen LogP contribution is -2.69. The number of ether oxygens (including phenoxy) is 4. The predicted octanol–water partition coefficient (Wildman–Crippen LogP) is 5.78. The van der Waals surface area contributed by atoms with Crippen LogP contribution in [0.25, 0.3) is 11.0 Å². The Hall–Kier alpha value is -5.60. The second-order valence-electron chi connectivity index (χ2n) is 14.4. The van der Waals surface area contributed by atoms with Crippen LogP contribution >= 0.6 is 0 Å². The van der Waals surface area contributed by atoms with Crippen LogP contribution in [0.2, 0.25) is 0 Å². The van der Waals surface area contributed by atoms with Gasteiger partial charge in [0.2, 0.25) is 0 Å². The molecule has 57 heavy (non-hydrogen) atoms. The van der Waals surface area contributed by atoms with Crippen LogP contribution in [0.1, 0.15) is 33.5 Å². The first kappa shape index (κ1) is 38.3. The van der Waals surface area contributed by atoms with Gasteiger partial charge in [-0.25, -0.2) is 9.36 Å². The van der Waals surface area contributed by atoms with Crippen LogP contribution in [-0.2, 0) is 65.5 Å². The zero-order chi connectivity index (χ0) is 38.8. The van der Waals surface area contributed by atoms with Gasteiger partial charge in [0.25, 0.3) is 0 Å². The molecule has 1 fully saturated rings. The zero-order valence-electron chi connectivity index (χ0n) is 31.8. The third-order valence-corrected chi connectivity index (χ3v) is 10.3. The van der Waals surface area contributed by atoms with Crippen LogP contribution < -0.4 is 5.32 Å². The molecule has 7 aromatic rings. The molecule has 0 spiro atoms. The van der Waals surface area contributed by atoms with Crippen LogP contribution in [0, 0.1) is 0 Å². The van der Waals surface area contributed by atoms with E-state index in [-0.39, 0.29) is 6.61 Å². The molecule has 0 aliphatic heterocycles. The maximum atomic E-state index is 12.5. The first-order valence-electron chi connectivity index (χ1n) is 19.3. The molecule has 0 amide bonds. The van der Waals surface area contributed by atoms with Crippen molar-refractivity contribution in [2.45, 2.75) is 76.1 Å². The number of fused-ring (bicyclic) bond motifs is 1. The minimum atomic E-state index is -1.05. The smallest absolute Gasteiger partial charge is 0.115 e. The molecule has 0 saturated heterocycles. The fourth-order valence-electron chi connectivity index (χ4n) is 7.33. The molecule has 2 aromatic heterocycles. The summed E-state index contributed by atoms with van der Waals surface area (Å²) < 4.78 is 30.7. The molecule has 8 rings (SSSR count). The third kappa shape index (κ3) is 9.69. The minimum Gasteiger partial charge on any atom is -0.389 e. The van der Waals surface area contributed by atoms with E-state index in [1.165, 1.54) is 0 Å². The molecule has 5 aromatic carbocycles. The van der Waals surface area contributed by atoms with Crippen molar-refractivity contribution in [3.63, 3.8) is 0 Å². The second-order valence-corrected chi connectivity index (χ2v) is 14.4. The first-order valence-corrected chi connectivity index (χ1v) is 19.3. The van der Waals surface area contributed by atoms with Crippen LogP contribution in [0.3, 0.4) is 0 Å². The van der Waals surface area contributed by atoms with E-state index < -0.39 is 36.6 Å². The molecule has 1 aliphatic carbocycles. The number of aryl methyl sites for hydroxylation is 1. The lowest BCUT2D eigenvalue weighted by Gasteiger charge is -2.49. The number of rotatable bonds is 17.